The molecule has 0 atom stereocenters. The lowest BCUT2D eigenvalue weighted by atomic mass is 10.3. The molecular formula is C13H12N2O3S. The van der Waals surface area contributed by atoms with Gasteiger partial charge in [-0.15, -0.1) is 11.3 Å². The van der Waals surface area contributed by atoms with Gasteiger partial charge < -0.3 is 14.9 Å². The van der Waals surface area contributed by atoms with Gasteiger partial charge in [-0.3, -0.25) is 4.79 Å². The molecule has 2 aromatic heterocycles. The number of aliphatic hydroxyl groups excluding tert-OH is 1. The smallest absolute Gasteiger partial charge is 0.261 e. The summed E-state index contributed by atoms with van der Waals surface area (Å²) in [6.45, 7) is 0.377. The third-order valence-electron chi connectivity index (χ3n) is 2.20. The molecule has 98 valence electrons. The van der Waals surface area contributed by atoms with E-state index in [2.05, 4.69) is 26.8 Å². The molecule has 5 nitrogen and oxygen atoms in total. The van der Waals surface area contributed by atoms with Crippen LogP contribution < -0.4 is 5.32 Å². The molecule has 0 aliphatic heterocycles. The highest BCUT2D eigenvalue weighted by Gasteiger charge is 2.08. The Kier molecular flexibility index (Phi) is 4.72. The zero-order chi connectivity index (χ0) is 13.5. The minimum atomic E-state index is -0.164. The Hall–Kier alpha value is -2.10. The van der Waals surface area contributed by atoms with Crippen molar-refractivity contribution in [2.45, 2.75) is 13.0 Å². The summed E-state index contributed by atoms with van der Waals surface area (Å²) in [5.74, 6) is 5.54. The normalized spacial score (nSPS) is 9.74. The summed E-state index contributed by atoms with van der Waals surface area (Å²) in [4.78, 5) is 13.2. The van der Waals surface area contributed by atoms with E-state index >= 15 is 0 Å². The van der Waals surface area contributed by atoms with Gasteiger partial charge in [-0.25, -0.2) is 0 Å². The second-order valence-electron chi connectivity index (χ2n) is 3.61. The first-order valence-corrected chi connectivity index (χ1v) is 6.48. The minimum absolute atomic E-state index is 0.0451. The molecule has 6 heteroatoms. The molecule has 0 saturated heterocycles. The molecule has 2 N–H and O–H groups in total. The molecule has 0 aliphatic rings. The number of nitrogens with zero attached hydrogens (tertiary/aromatic N) is 1. The number of carbonyl (C=O) groups excluding carboxylic acids is 1. The molecule has 2 aromatic rings. The Morgan fingerprint density at radius 2 is 2.37 bits per heavy atom. The monoisotopic (exact) mass is 276 g/mol. The average Bonchev–Trinajstić information content (AvgIpc) is 3.07. The van der Waals surface area contributed by atoms with Gasteiger partial charge in [0.15, 0.2) is 0 Å². The number of aliphatic hydroxyl groups is 1. The van der Waals surface area contributed by atoms with Crippen LogP contribution in [-0.2, 0) is 6.54 Å². The standard InChI is InChI=1S/C13H12N2O3S/c16-7-2-1-3-11-4-5-12(19-11)13(17)14-9-10-6-8-18-15-10/h4-6,8,16H,2,7,9H2,(H,14,17). The van der Waals surface area contributed by atoms with Gasteiger partial charge in [0.2, 0.25) is 0 Å². The van der Waals surface area contributed by atoms with E-state index in [0.717, 1.165) is 4.88 Å². The van der Waals surface area contributed by atoms with Crippen LogP contribution in [0.4, 0.5) is 0 Å². The van der Waals surface area contributed by atoms with Crippen LogP contribution in [0.2, 0.25) is 0 Å². The highest BCUT2D eigenvalue weighted by atomic mass is 32.1. The largest absolute Gasteiger partial charge is 0.395 e. The average molecular weight is 276 g/mol. The first-order valence-electron chi connectivity index (χ1n) is 5.66. The Balaban J connectivity index is 1.91. The lowest BCUT2D eigenvalue weighted by molar-refractivity contribution is 0.0954. The molecule has 0 spiro atoms. The predicted molar refractivity (Wildman–Crippen MR) is 70.6 cm³/mol. The van der Waals surface area contributed by atoms with Crippen molar-refractivity contribution < 1.29 is 14.4 Å². The van der Waals surface area contributed by atoms with Gasteiger partial charge in [0.25, 0.3) is 5.91 Å². The van der Waals surface area contributed by atoms with E-state index in [0.29, 0.717) is 23.5 Å². The van der Waals surface area contributed by atoms with Gasteiger partial charge in [-0.2, -0.15) is 0 Å². The quantitative estimate of drug-likeness (QED) is 0.828. The molecule has 2 heterocycles. The van der Waals surface area contributed by atoms with Crippen LogP contribution >= 0.6 is 11.3 Å². The number of nitrogens with one attached hydrogen (secondary N) is 1. The van der Waals surface area contributed by atoms with E-state index < -0.39 is 0 Å². The lowest BCUT2D eigenvalue weighted by Crippen LogP contribution is -2.21. The summed E-state index contributed by atoms with van der Waals surface area (Å²) >= 11 is 1.32. The maximum atomic E-state index is 11.8. The van der Waals surface area contributed by atoms with E-state index in [-0.39, 0.29) is 12.5 Å². The van der Waals surface area contributed by atoms with Gasteiger partial charge in [0.05, 0.1) is 22.9 Å². The van der Waals surface area contributed by atoms with E-state index in [4.69, 9.17) is 5.11 Å². The van der Waals surface area contributed by atoms with Crippen LogP contribution in [0.25, 0.3) is 0 Å². The Bertz CT molecular complexity index is 593. The van der Waals surface area contributed by atoms with Gasteiger partial charge in [-0.1, -0.05) is 17.0 Å². The summed E-state index contributed by atoms with van der Waals surface area (Å²) < 4.78 is 4.67. The topological polar surface area (TPSA) is 75.4 Å². The first kappa shape index (κ1) is 13.3. The number of hydrogen-bond acceptors (Lipinski definition) is 5. The fourth-order valence-electron chi connectivity index (χ4n) is 1.32. The number of thiophene rings is 1. The molecule has 0 aliphatic carbocycles. The molecule has 0 unspecified atom stereocenters. The third kappa shape index (κ3) is 3.95. The van der Waals surface area contributed by atoms with E-state index in [1.165, 1.54) is 17.6 Å². The van der Waals surface area contributed by atoms with Crippen molar-refractivity contribution in [3.63, 3.8) is 0 Å². The maximum Gasteiger partial charge on any atom is 0.261 e. The number of carbonyl (C=O) groups is 1. The number of rotatable bonds is 4. The van der Waals surface area contributed by atoms with Gasteiger partial charge in [-0.05, 0) is 12.1 Å². The molecule has 0 bridgehead atoms. The van der Waals surface area contributed by atoms with Crippen molar-refractivity contribution in [1.29, 1.82) is 0 Å². The highest BCUT2D eigenvalue weighted by molar-refractivity contribution is 7.14. The maximum absolute atomic E-state index is 11.8. The number of hydrogen-bond donors (Lipinski definition) is 2. The summed E-state index contributed by atoms with van der Waals surface area (Å²) in [5, 5.41) is 15.1. The number of amides is 1. The molecular weight excluding hydrogens is 264 g/mol. The van der Waals surface area contributed by atoms with Crippen LogP contribution in [0.1, 0.15) is 26.7 Å². The van der Waals surface area contributed by atoms with Crippen molar-refractivity contribution >= 4 is 17.2 Å². The number of aromatic nitrogens is 1. The van der Waals surface area contributed by atoms with Gasteiger partial charge in [0.1, 0.15) is 12.0 Å². The van der Waals surface area contributed by atoms with Crippen LogP contribution in [0.3, 0.4) is 0 Å². The van der Waals surface area contributed by atoms with E-state index in [9.17, 15) is 4.79 Å². The first-order chi connectivity index (χ1) is 9.29. The van der Waals surface area contributed by atoms with Gasteiger partial charge in [0, 0.05) is 12.5 Å². The summed E-state index contributed by atoms with van der Waals surface area (Å²) in [5.41, 5.74) is 0.674. The predicted octanol–water partition coefficient (Wildman–Crippen LogP) is 1.40. The van der Waals surface area contributed by atoms with Crippen LogP contribution in [0.15, 0.2) is 29.0 Å². The fraction of sp³-hybridized carbons (Fsp3) is 0.231. The van der Waals surface area contributed by atoms with E-state index in [1.54, 1.807) is 18.2 Å². The van der Waals surface area contributed by atoms with Crippen LogP contribution in [-0.4, -0.2) is 22.8 Å². The zero-order valence-electron chi connectivity index (χ0n) is 10.0. The van der Waals surface area contributed by atoms with Crippen molar-refractivity contribution in [1.82, 2.24) is 10.5 Å². The lowest BCUT2D eigenvalue weighted by Gasteiger charge is -1.99. The van der Waals surface area contributed by atoms with Crippen molar-refractivity contribution in [2.75, 3.05) is 6.61 Å². The van der Waals surface area contributed by atoms with Crippen molar-refractivity contribution in [2.24, 2.45) is 0 Å². The second-order valence-corrected chi connectivity index (χ2v) is 4.70. The third-order valence-corrected chi connectivity index (χ3v) is 3.20. The van der Waals surface area contributed by atoms with Crippen LogP contribution in [0, 0.1) is 11.8 Å². The molecule has 1 amide bonds. The fourth-order valence-corrected chi connectivity index (χ4v) is 2.12. The highest BCUT2D eigenvalue weighted by Crippen LogP contribution is 2.15. The second kappa shape index (κ2) is 6.73. The molecule has 0 fully saturated rings. The summed E-state index contributed by atoms with van der Waals surface area (Å²) in [6.07, 6.45) is 1.90. The molecule has 19 heavy (non-hydrogen) atoms. The Labute approximate surface area is 114 Å². The van der Waals surface area contributed by atoms with Crippen molar-refractivity contribution in [3.8, 4) is 11.8 Å². The molecule has 0 saturated carbocycles. The Morgan fingerprint density at radius 3 is 3.11 bits per heavy atom. The molecule has 0 radical (unpaired) electrons. The minimum Gasteiger partial charge on any atom is -0.395 e. The summed E-state index contributed by atoms with van der Waals surface area (Å²) in [6, 6.07) is 5.21. The summed E-state index contributed by atoms with van der Waals surface area (Å²) in [7, 11) is 0. The Morgan fingerprint density at radius 1 is 1.47 bits per heavy atom. The van der Waals surface area contributed by atoms with Crippen molar-refractivity contribution in [3.05, 3.63) is 39.9 Å². The van der Waals surface area contributed by atoms with Gasteiger partial charge >= 0.3 is 0 Å². The molecule has 2 rings (SSSR count). The zero-order valence-corrected chi connectivity index (χ0v) is 10.9. The van der Waals surface area contributed by atoms with E-state index in [1.807, 2.05) is 0 Å². The SMILES string of the molecule is O=C(NCc1ccon1)c1ccc(C#CCCO)s1. The van der Waals surface area contributed by atoms with Crippen LogP contribution in [0.5, 0.6) is 0 Å². The molecule has 0 aromatic carbocycles.